The Morgan fingerprint density at radius 3 is 2.24 bits per heavy atom. The molecule has 0 heterocycles. The zero-order chi connectivity index (χ0) is 15.2. The maximum atomic E-state index is 11.0. The second kappa shape index (κ2) is 6.74. The molecule has 0 saturated heterocycles. The average molecular weight is 285 g/mol. The summed E-state index contributed by atoms with van der Waals surface area (Å²) in [7, 11) is 0. The second-order valence-corrected chi connectivity index (χ2v) is 4.90. The number of rotatable bonds is 6. The normalized spacial score (nSPS) is 10.2. The quantitative estimate of drug-likeness (QED) is 0.623. The van der Waals surface area contributed by atoms with Crippen molar-refractivity contribution in [3.63, 3.8) is 0 Å². The summed E-state index contributed by atoms with van der Waals surface area (Å²) < 4.78 is 0. The van der Waals surface area contributed by atoms with E-state index in [4.69, 9.17) is 0 Å². The molecule has 21 heavy (non-hydrogen) atoms. The van der Waals surface area contributed by atoms with Gasteiger partial charge in [0.05, 0.1) is 4.92 Å². The number of aryl methyl sites for hydroxylation is 1. The van der Waals surface area contributed by atoms with Crippen molar-refractivity contribution in [3.8, 4) is 0 Å². The summed E-state index contributed by atoms with van der Waals surface area (Å²) in [6.07, 6.45) is 0. The molecule has 110 valence electrons. The van der Waals surface area contributed by atoms with Gasteiger partial charge in [0, 0.05) is 36.6 Å². The van der Waals surface area contributed by atoms with E-state index in [1.54, 1.807) is 12.1 Å². The number of benzene rings is 2. The van der Waals surface area contributed by atoms with E-state index in [9.17, 15) is 10.1 Å². The van der Waals surface area contributed by atoms with Gasteiger partial charge < -0.3 is 10.6 Å². The van der Waals surface area contributed by atoms with Gasteiger partial charge in [0.25, 0.3) is 5.69 Å². The number of hydrogen-bond acceptors (Lipinski definition) is 4. The van der Waals surface area contributed by atoms with Crippen molar-refractivity contribution in [1.82, 2.24) is 0 Å². The van der Waals surface area contributed by atoms with Crippen LogP contribution in [0.25, 0.3) is 0 Å². The van der Waals surface area contributed by atoms with Crippen LogP contribution >= 0.6 is 0 Å². The van der Waals surface area contributed by atoms with Gasteiger partial charge in [-0.25, -0.2) is 0 Å². The first-order chi connectivity index (χ1) is 10.1. The van der Waals surface area contributed by atoms with E-state index < -0.39 is 0 Å². The molecule has 0 radical (unpaired) electrons. The van der Waals surface area contributed by atoms with Crippen LogP contribution in [-0.2, 0) is 6.54 Å². The maximum absolute atomic E-state index is 11.0. The molecule has 0 bridgehead atoms. The molecular formula is C16H19N3O2. The van der Waals surface area contributed by atoms with Gasteiger partial charge in [-0.1, -0.05) is 29.8 Å². The minimum absolute atomic E-state index is 0.0832. The van der Waals surface area contributed by atoms with Gasteiger partial charge in [-0.05, 0) is 25.5 Å². The number of nitrogens with one attached hydrogen (secondary N) is 2. The summed E-state index contributed by atoms with van der Waals surface area (Å²) in [4.78, 5) is 10.6. The molecule has 0 aliphatic heterocycles. The predicted molar refractivity (Wildman–Crippen MR) is 85.8 cm³/mol. The smallest absolute Gasteiger partial charge is 0.273 e. The minimum atomic E-state index is -0.377. The number of non-ortho nitro benzene ring substituents is 1. The molecule has 0 aliphatic carbocycles. The standard InChI is InChI=1S/C16H19N3O2/c1-3-17-14-8-15(10-16(9-14)19(20)21)18-11-13-6-4-12(2)5-7-13/h4-10,17-18H,3,11H2,1-2H3. The van der Waals surface area contributed by atoms with Crippen molar-refractivity contribution in [1.29, 1.82) is 0 Å². The molecule has 0 fully saturated rings. The van der Waals surface area contributed by atoms with Crippen molar-refractivity contribution < 1.29 is 4.92 Å². The third-order valence-corrected chi connectivity index (χ3v) is 3.13. The summed E-state index contributed by atoms with van der Waals surface area (Å²) in [5.74, 6) is 0. The molecule has 2 rings (SSSR count). The molecule has 2 aromatic rings. The van der Waals surface area contributed by atoms with Gasteiger partial charge in [-0.2, -0.15) is 0 Å². The third kappa shape index (κ3) is 4.21. The van der Waals surface area contributed by atoms with Crippen molar-refractivity contribution in [2.45, 2.75) is 20.4 Å². The molecule has 0 saturated carbocycles. The summed E-state index contributed by atoms with van der Waals surface area (Å²) in [6, 6.07) is 13.2. The fraction of sp³-hybridized carbons (Fsp3) is 0.250. The highest BCUT2D eigenvalue weighted by Crippen LogP contribution is 2.24. The number of nitro benzene ring substituents is 1. The summed E-state index contributed by atoms with van der Waals surface area (Å²) >= 11 is 0. The van der Waals surface area contributed by atoms with Gasteiger partial charge in [0.1, 0.15) is 0 Å². The van der Waals surface area contributed by atoms with Crippen LogP contribution in [0.1, 0.15) is 18.1 Å². The van der Waals surface area contributed by atoms with E-state index in [-0.39, 0.29) is 10.6 Å². The van der Waals surface area contributed by atoms with E-state index in [0.29, 0.717) is 6.54 Å². The first-order valence-corrected chi connectivity index (χ1v) is 6.91. The highest BCUT2D eigenvalue weighted by Gasteiger charge is 2.09. The Balaban J connectivity index is 2.14. The lowest BCUT2D eigenvalue weighted by atomic mass is 10.1. The number of nitrogens with zero attached hydrogens (tertiary/aromatic N) is 1. The summed E-state index contributed by atoms with van der Waals surface area (Å²) in [5, 5.41) is 17.3. The van der Waals surface area contributed by atoms with E-state index in [2.05, 4.69) is 22.8 Å². The summed E-state index contributed by atoms with van der Waals surface area (Å²) in [6.45, 7) is 5.35. The van der Waals surface area contributed by atoms with E-state index in [0.717, 1.165) is 23.5 Å². The highest BCUT2D eigenvalue weighted by molar-refractivity contribution is 5.63. The van der Waals surface area contributed by atoms with Crippen LogP contribution in [0, 0.1) is 17.0 Å². The fourth-order valence-corrected chi connectivity index (χ4v) is 2.03. The van der Waals surface area contributed by atoms with Gasteiger partial charge >= 0.3 is 0 Å². The Labute approximate surface area is 124 Å². The van der Waals surface area contributed by atoms with Crippen molar-refractivity contribution in [2.24, 2.45) is 0 Å². The lowest BCUT2D eigenvalue weighted by molar-refractivity contribution is -0.384. The first kappa shape index (κ1) is 14.8. The molecule has 5 heteroatoms. The van der Waals surface area contributed by atoms with Crippen molar-refractivity contribution in [3.05, 3.63) is 63.7 Å². The van der Waals surface area contributed by atoms with Gasteiger partial charge in [-0.15, -0.1) is 0 Å². The van der Waals surface area contributed by atoms with Crippen molar-refractivity contribution >= 4 is 17.1 Å². The lowest BCUT2D eigenvalue weighted by Crippen LogP contribution is -2.03. The van der Waals surface area contributed by atoms with Gasteiger partial charge in [-0.3, -0.25) is 10.1 Å². The average Bonchev–Trinajstić information content (AvgIpc) is 2.47. The molecular weight excluding hydrogens is 266 g/mol. The third-order valence-electron chi connectivity index (χ3n) is 3.13. The van der Waals surface area contributed by atoms with Crippen LogP contribution in [0.3, 0.4) is 0 Å². The molecule has 0 spiro atoms. The predicted octanol–water partition coefficient (Wildman–Crippen LogP) is 3.95. The van der Waals surface area contributed by atoms with Crippen LogP contribution in [0.5, 0.6) is 0 Å². The van der Waals surface area contributed by atoms with Crippen molar-refractivity contribution in [2.75, 3.05) is 17.2 Å². The zero-order valence-corrected chi connectivity index (χ0v) is 12.2. The number of nitro groups is 1. The van der Waals surface area contributed by atoms with E-state index in [1.165, 1.54) is 5.56 Å². The van der Waals surface area contributed by atoms with Crippen LogP contribution in [0.4, 0.5) is 17.1 Å². The zero-order valence-electron chi connectivity index (χ0n) is 12.2. The summed E-state index contributed by atoms with van der Waals surface area (Å²) in [5.41, 5.74) is 3.92. The molecule has 2 N–H and O–H groups in total. The Morgan fingerprint density at radius 1 is 1.05 bits per heavy atom. The first-order valence-electron chi connectivity index (χ1n) is 6.91. The van der Waals surface area contributed by atoms with Gasteiger partial charge in [0.2, 0.25) is 0 Å². The molecule has 0 atom stereocenters. The largest absolute Gasteiger partial charge is 0.385 e. The number of hydrogen-bond donors (Lipinski definition) is 2. The second-order valence-electron chi connectivity index (χ2n) is 4.90. The monoisotopic (exact) mass is 285 g/mol. The number of anilines is 2. The molecule has 0 aromatic heterocycles. The van der Waals surface area contributed by atoms with Crippen LogP contribution in [0.2, 0.25) is 0 Å². The van der Waals surface area contributed by atoms with Crippen LogP contribution in [0.15, 0.2) is 42.5 Å². The Bertz CT molecular complexity index is 624. The molecule has 5 nitrogen and oxygen atoms in total. The topological polar surface area (TPSA) is 67.2 Å². The van der Waals surface area contributed by atoms with E-state index in [1.807, 2.05) is 32.0 Å². The van der Waals surface area contributed by atoms with Crippen LogP contribution in [-0.4, -0.2) is 11.5 Å². The fourth-order valence-electron chi connectivity index (χ4n) is 2.03. The van der Waals surface area contributed by atoms with E-state index >= 15 is 0 Å². The molecule has 0 unspecified atom stereocenters. The van der Waals surface area contributed by atoms with Crippen LogP contribution < -0.4 is 10.6 Å². The SMILES string of the molecule is CCNc1cc(NCc2ccc(C)cc2)cc([N+](=O)[O-])c1. The lowest BCUT2D eigenvalue weighted by Gasteiger charge is -2.10. The minimum Gasteiger partial charge on any atom is -0.385 e. The Hall–Kier alpha value is -2.56. The molecule has 0 amide bonds. The Morgan fingerprint density at radius 2 is 1.67 bits per heavy atom. The van der Waals surface area contributed by atoms with Gasteiger partial charge in [0.15, 0.2) is 0 Å². The molecule has 2 aromatic carbocycles. The highest BCUT2D eigenvalue weighted by atomic mass is 16.6. The Kier molecular flexibility index (Phi) is 4.77. The maximum Gasteiger partial charge on any atom is 0.273 e. The molecule has 0 aliphatic rings.